The molecule has 0 saturated heterocycles. The Morgan fingerprint density at radius 3 is 2.20 bits per heavy atom. The third-order valence-electron chi connectivity index (χ3n) is 3.02. The first-order chi connectivity index (χ1) is 9.49. The van der Waals surface area contributed by atoms with E-state index in [2.05, 4.69) is 0 Å². The molecule has 0 aliphatic heterocycles. The highest BCUT2D eigenvalue weighted by molar-refractivity contribution is 5.29. The van der Waals surface area contributed by atoms with Crippen LogP contribution in [0, 0.1) is 0 Å². The van der Waals surface area contributed by atoms with Crippen LogP contribution in [0.1, 0.15) is 24.1 Å². The van der Waals surface area contributed by atoms with Crippen molar-refractivity contribution in [2.24, 2.45) is 5.73 Å². The van der Waals surface area contributed by atoms with Crippen molar-refractivity contribution >= 4 is 0 Å². The average molecular weight is 277 g/mol. The van der Waals surface area contributed by atoms with Gasteiger partial charge in [0.2, 0.25) is 0 Å². The van der Waals surface area contributed by atoms with E-state index >= 15 is 0 Å². The Hall–Kier alpha value is -1.94. The Labute approximate surface area is 117 Å². The smallest absolute Gasteiger partial charge is 0.306 e. The van der Waals surface area contributed by atoms with Gasteiger partial charge in [-0.25, -0.2) is 0 Å². The summed E-state index contributed by atoms with van der Waals surface area (Å²) < 4.78 is 33.0. The number of alkyl halides is 2. The molecule has 2 aromatic carbocycles. The Bertz CT molecular complexity index is 538. The molecule has 0 bridgehead atoms. The minimum Gasteiger partial charge on any atom is -0.487 e. The maximum Gasteiger partial charge on any atom is 0.306 e. The number of hydrogen-bond acceptors (Lipinski definition) is 2. The van der Waals surface area contributed by atoms with Crippen molar-refractivity contribution in [1.82, 2.24) is 0 Å². The van der Waals surface area contributed by atoms with E-state index in [-0.39, 0.29) is 11.6 Å². The molecule has 2 nitrogen and oxygen atoms in total. The number of benzene rings is 2. The maximum atomic E-state index is 13.9. The van der Waals surface area contributed by atoms with Gasteiger partial charge in [-0.15, -0.1) is 0 Å². The molecule has 4 heteroatoms. The van der Waals surface area contributed by atoms with Crippen LogP contribution in [0.4, 0.5) is 8.78 Å². The normalized spacial score (nSPS) is 13.0. The molecule has 2 aromatic rings. The molecule has 0 spiro atoms. The van der Waals surface area contributed by atoms with E-state index in [1.165, 1.54) is 12.1 Å². The molecule has 0 aromatic heterocycles. The van der Waals surface area contributed by atoms with Crippen molar-refractivity contribution in [3.05, 3.63) is 65.7 Å². The molecular formula is C16H17F2NO. The highest BCUT2D eigenvalue weighted by Crippen LogP contribution is 2.28. The van der Waals surface area contributed by atoms with Crippen LogP contribution in [-0.2, 0) is 5.92 Å². The van der Waals surface area contributed by atoms with E-state index < -0.39 is 12.5 Å². The lowest BCUT2D eigenvalue weighted by Crippen LogP contribution is -2.23. The van der Waals surface area contributed by atoms with E-state index in [9.17, 15) is 8.78 Å². The number of hydrogen-bond donors (Lipinski definition) is 1. The molecule has 0 aliphatic carbocycles. The number of nitrogens with two attached hydrogens (primary N) is 1. The molecule has 2 rings (SSSR count). The van der Waals surface area contributed by atoms with Gasteiger partial charge >= 0.3 is 5.92 Å². The van der Waals surface area contributed by atoms with Crippen molar-refractivity contribution in [1.29, 1.82) is 0 Å². The summed E-state index contributed by atoms with van der Waals surface area (Å²) in [7, 11) is 0. The first-order valence-electron chi connectivity index (χ1n) is 6.41. The summed E-state index contributed by atoms with van der Waals surface area (Å²) in [6.07, 6.45) is 0. The molecule has 0 fully saturated rings. The van der Waals surface area contributed by atoms with Gasteiger partial charge in [0.25, 0.3) is 0 Å². The van der Waals surface area contributed by atoms with Gasteiger partial charge < -0.3 is 10.5 Å². The predicted molar refractivity (Wildman–Crippen MR) is 74.9 cm³/mol. The second-order valence-corrected chi connectivity index (χ2v) is 4.72. The second-order valence-electron chi connectivity index (χ2n) is 4.72. The van der Waals surface area contributed by atoms with Gasteiger partial charge in [-0.2, -0.15) is 8.78 Å². The van der Waals surface area contributed by atoms with E-state index in [0.29, 0.717) is 5.75 Å². The summed E-state index contributed by atoms with van der Waals surface area (Å²) >= 11 is 0. The zero-order chi connectivity index (χ0) is 14.6. The van der Waals surface area contributed by atoms with Gasteiger partial charge in [-0.3, -0.25) is 0 Å². The fourth-order valence-electron chi connectivity index (χ4n) is 1.81. The predicted octanol–water partition coefficient (Wildman–Crippen LogP) is 3.88. The Balaban J connectivity index is 2.01. The molecule has 20 heavy (non-hydrogen) atoms. The standard InChI is InChI=1S/C16H17F2NO/c1-12(19)13-7-9-15(10-8-13)20-11-16(17,18)14-5-3-2-4-6-14/h2-10,12H,11,19H2,1H3/t12-/m0/s1. The van der Waals surface area contributed by atoms with Crippen LogP contribution in [0.5, 0.6) is 5.75 Å². The summed E-state index contributed by atoms with van der Waals surface area (Å²) in [6.45, 7) is 1.17. The van der Waals surface area contributed by atoms with Crippen LogP contribution >= 0.6 is 0 Å². The first kappa shape index (κ1) is 14.5. The molecule has 106 valence electrons. The molecule has 0 radical (unpaired) electrons. The maximum absolute atomic E-state index is 13.9. The Morgan fingerprint density at radius 1 is 1.05 bits per heavy atom. The lowest BCUT2D eigenvalue weighted by molar-refractivity contribution is -0.0467. The van der Waals surface area contributed by atoms with Gasteiger partial charge in [0.05, 0.1) is 0 Å². The molecule has 1 atom stereocenters. The number of ether oxygens (including phenoxy) is 1. The van der Waals surface area contributed by atoms with Gasteiger partial charge in [0, 0.05) is 11.6 Å². The first-order valence-corrected chi connectivity index (χ1v) is 6.41. The van der Waals surface area contributed by atoms with Gasteiger partial charge in [-0.05, 0) is 24.6 Å². The number of halogens is 2. The molecule has 2 N–H and O–H groups in total. The van der Waals surface area contributed by atoms with Crippen molar-refractivity contribution in [3.8, 4) is 5.75 Å². The van der Waals surface area contributed by atoms with Gasteiger partial charge in [0.1, 0.15) is 5.75 Å². The van der Waals surface area contributed by atoms with E-state index in [0.717, 1.165) is 5.56 Å². The summed E-state index contributed by atoms with van der Waals surface area (Å²) in [5.41, 5.74) is 6.61. The summed E-state index contributed by atoms with van der Waals surface area (Å²) in [6, 6.07) is 14.4. The number of rotatable bonds is 5. The lowest BCUT2D eigenvalue weighted by Gasteiger charge is -2.17. The van der Waals surface area contributed by atoms with Gasteiger partial charge in [0.15, 0.2) is 6.61 Å². The van der Waals surface area contributed by atoms with E-state index in [4.69, 9.17) is 10.5 Å². The molecule has 0 unspecified atom stereocenters. The topological polar surface area (TPSA) is 35.2 Å². The third-order valence-corrected chi connectivity index (χ3v) is 3.02. The van der Waals surface area contributed by atoms with E-state index in [1.54, 1.807) is 42.5 Å². The lowest BCUT2D eigenvalue weighted by atomic mass is 10.1. The van der Waals surface area contributed by atoms with Crippen LogP contribution in [-0.4, -0.2) is 6.61 Å². The van der Waals surface area contributed by atoms with Crippen molar-refractivity contribution < 1.29 is 13.5 Å². The van der Waals surface area contributed by atoms with Crippen LogP contribution in [0.3, 0.4) is 0 Å². The Morgan fingerprint density at radius 2 is 1.65 bits per heavy atom. The molecule has 0 amide bonds. The van der Waals surface area contributed by atoms with Crippen molar-refractivity contribution in [2.75, 3.05) is 6.61 Å². The van der Waals surface area contributed by atoms with Crippen LogP contribution < -0.4 is 10.5 Å². The molecule has 0 aliphatic rings. The van der Waals surface area contributed by atoms with Crippen molar-refractivity contribution in [3.63, 3.8) is 0 Å². The minimum absolute atomic E-state index is 0.0489. The van der Waals surface area contributed by atoms with Crippen LogP contribution in [0.15, 0.2) is 54.6 Å². The van der Waals surface area contributed by atoms with E-state index in [1.807, 2.05) is 6.92 Å². The highest BCUT2D eigenvalue weighted by atomic mass is 19.3. The van der Waals surface area contributed by atoms with Crippen LogP contribution in [0.2, 0.25) is 0 Å². The minimum atomic E-state index is -3.01. The highest BCUT2D eigenvalue weighted by Gasteiger charge is 2.32. The molecule has 0 heterocycles. The average Bonchev–Trinajstić information content (AvgIpc) is 2.46. The fourth-order valence-corrected chi connectivity index (χ4v) is 1.81. The zero-order valence-electron chi connectivity index (χ0n) is 11.2. The largest absolute Gasteiger partial charge is 0.487 e. The summed E-state index contributed by atoms with van der Waals surface area (Å²) in [4.78, 5) is 0. The molecular weight excluding hydrogens is 260 g/mol. The zero-order valence-corrected chi connectivity index (χ0v) is 11.2. The second kappa shape index (κ2) is 6.01. The third kappa shape index (κ3) is 3.54. The SMILES string of the molecule is C[C@H](N)c1ccc(OCC(F)(F)c2ccccc2)cc1. The summed E-state index contributed by atoms with van der Waals surface area (Å²) in [5, 5.41) is 0. The monoisotopic (exact) mass is 277 g/mol. The quantitative estimate of drug-likeness (QED) is 0.900. The van der Waals surface area contributed by atoms with Gasteiger partial charge in [-0.1, -0.05) is 42.5 Å². The molecule has 0 saturated carbocycles. The fraction of sp³-hybridized carbons (Fsp3) is 0.250. The van der Waals surface area contributed by atoms with Crippen molar-refractivity contribution in [2.45, 2.75) is 18.9 Å². The Kier molecular flexibility index (Phi) is 4.35. The summed E-state index contributed by atoms with van der Waals surface area (Å²) in [5.74, 6) is -2.61. The van der Waals surface area contributed by atoms with Crippen LogP contribution in [0.25, 0.3) is 0 Å².